The maximum Gasteiger partial charge on any atom is 0.305 e. The van der Waals surface area contributed by atoms with E-state index in [-0.39, 0.29) is 11.8 Å². The van der Waals surface area contributed by atoms with Gasteiger partial charge in [0.1, 0.15) is 0 Å². The lowest BCUT2D eigenvalue weighted by Crippen LogP contribution is -2.33. The van der Waals surface area contributed by atoms with E-state index in [1.165, 1.54) is 33.0 Å². The summed E-state index contributed by atoms with van der Waals surface area (Å²) in [5.41, 5.74) is -0.592. The molecule has 28 heavy (non-hydrogen) atoms. The van der Waals surface area contributed by atoms with Gasteiger partial charge in [-0.05, 0) is 37.8 Å². The third-order valence-electron chi connectivity index (χ3n) is 4.49. The molecule has 1 atom stereocenters. The van der Waals surface area contributed by atoms with Crippen molar-refractivity contribution in [2.24, 2.45) is 0 Å². The zero-order chi connectivity index (χ0) is 20.8. The van der Waals surface area contributed by atoms with Gasteiger partial charge < -0.3 is 9.47 Å². The van der Waals surface area contributed by atoms with Gasteiger partial charge in [0.15, 0.2) is 11.4 Å². The highest BCUT2D eigenvalue weighted by atomic mass is 16.6. The van der Waals surface area contributed by atoms with Crippen LogP contribution >= 0.6 is 0 Å². The van der Waals surface area contributed by atoms with E-state index in [1.54, 1.807) is 18.2 Å². The number of carbonyl (C=O) groups excluding carboxylic acids is 3. The fourth-order valence-electron chi connectivity index (χ4n) is 3.00. The molecule has 5 nitrogen and oxygen atoms in total. The molecule has 0 unspecified atom stereocenters. The molecule has 0 bridgehead atoms. The van der Waals surface area contributed by atoms with Gasteiger partial charge in [0.05, 0.1) is 7.11 Å². The Morgan fingerprint density at radius 2 is 1.86 bits per heavy atom. The SMILES string of the molecule is CCCCCC=CC[C@]1(OC(C)=O)C=CC(=O)C1=C/C=C/CCCC(=O)OC. The minimum Gasteiger partial charge on any atom is -0.469 e. The molecule has 0 radical (unpaired) electrons. The lowest BCUT2D eigenvalue weighted by molar-refractivity contribution is -0.149. The van der Waals surface area contributed by atoms with Crippen LogP contribution in [0.4, 0.5) is 0 Å². The quantitative estimate of drug-likeness (QED) is 0.208. The first-order valence-electron chi connectivity index (χ1n) is 9.97. The fraction of sp³-hybridized carbons (Fsp3) is 0.522. The summed E-state index contributed by atoms with van der Waals surface area (Å²) in [5, 5.41) is 0. The Kier molecular flexibility index (Phi) is 10.8. The van der Waals surface area contributed by atoms with Gasteiger partial charge in [-0.25, -0.2) is 0 Å². The van der Waals surface area contributed by atoms with Crippen molar-refractivity contribution in [3.63, 3.8) is 0 Å². The van der Waals surface area contributed by atoms with Crippen LogP contribution in [-0.4, -0.2) is 30.4 Å². The van der Waals surface area contributed by atoms with E-state index in [1.807, 2.05) is 12.2 Å². The minimum absolute atomic E-state index is 0.153. The highest BCUT2D eigenvalue weighted by Crippen LogP contribution is 2.34. The predicted molar refractivity (Wildman–Crippen MR) is 110 cm³/mol. The molecule has 0 saturated heterocycles. The second kappa shape index (κ2) is 12.9. The molecule has 0 heterocycles. The van der Waals surface area contributed by atoms with E-state index >= 15 is 0 Å². The molecule has 1 aliphatic carbocycles. The smallest absolute Gasteiger partial charge is 0.305 e. The van der Waals surface area contributed by atoms with Gasteiger partial charge in [0.2, 0.25) is 0 Å². The number of unbranched alkanes of at least 4 members (excludes halogenated alkanes) is 4. The second-order valence-electron chi connectivity index (χ2n) is 6.83. The van der Waals surface area contributed by atoms with E-state index < -0.39 is 11.6 Å². The summed E-state index contributed by atoms with van der Waals surface area (Å²) in [6.45, 7) is 3.51. The Labute approximate surface area is 168 Å². The van der Waals surface area contributed by atoms with Gasteiger partial charge in [-0.1, -0.05) is 50.1 Å². The summed E-state index contributed by atoms with van der Waals surface area (Å²) in [6.07, 6.45) is 19.2. The zero-order valence-corrected chi connectivity index (χ0v) is 17.2. The van der Waals surface area contributed by atoms with Gasteiger partial charge in [0.25, 0.3) is 0 Å². The van der Waals surface area contributed by atoms with Crippen molar-refractivity contribution in [2.45, 2.75) is 70.8 Å². The molecule has 0 aliphatic heterocycles. The Morgan fingerprint density at radius 1 is 1.11 bits per heavy atom. The molecule has 0 aromatic rings. The molecule has 154 valence electrons. The average molecular weight is 389 g/mol. The number of hydrogen-bond donors (Lipinski definition) is 0. The number of carbonyl (C=O) groups is 3. The van der Waals surface area contributed by atoms with E-state index in [2.05, 4.69) is 17.7 Å². The number of esters is 2. The van der Waals surface area contributed by atoms with E-state index in [9.17, 15) is 14.4 Å². The molecule has 1 rings (SSSR count). The highest BCUT2D eigenvalue weighted by Gasteiger charge is 2.41. The first-order valence-corrected chi connectivity index (χ1v) is 9.97. The molecule has 0 saturated carbocycles. The molecule has 0 aromatic carbocycles. The van der Waals surface area contributed by atoms with Crippen LogP contribution in [0, 0.1) is 0 Å². The zero-order valence-electron chi connectivity index (χ0n) is 17.2. The Morgan fingerprint density at radius 3 is 2.54 bits per heavy atom. The number of hydrogen-bond acceptors (Lipinski definition) is 5. The summed E-state index contributed by atoms with van der Waals surface area (Å²) < 4.78 is 10.2. The average Bonchev–Trinajstić information content (AvgIpc) is 2.96. The maximum atomic E-state index is 12.3. The third kappa shape index (κ3) is 8.07. The van der Waals surface area contributed by atoms with Crippen molar-refractivity contribution in [1.82, 2.24) is 0 Å². The van der Waals surface area contributed by atoms with Gasteiger partial charge in [-0.15, -0.1) is 0 Å². The standard InChI is InChI=1S/C23H32O5/c1-4-5-6-7-10-13-17-23(28-19(2)24)18-16-21(25)20(23)14-11-8-9-12-15-22(26)27-3/h8,10-11,13-14,16,18H,4-7,9,12,15,17H2,1-3H3/b11-8+,13-10?,20-14?/t23-/m0/s1. The van der Waals surface area contributed by atoms with Crippen molar-refractivity contribution in [3.8, 4) is 0 Å². The molecular weight excluding hydrogens is 356 g/mol. The van der Waals surface area contributed by atoms with E-state index in [0.717, 1.165) is 12.8 Å². The van der Waals surface area contributed by atoms with Crippen LogP contribution < -0.4 is 0 Å². The van der Waals surface area contributed by atoms with Crippen molar-refractivity contribution in [1.29, 1.82) is 0 Å². The monoisotopic (exact) mass is 388 g/mol. The number of allylic oxidation sites excluding steroid dienone is 5. The van der Waals surface area contributed by atoms with Crippen LogP contribution in [0.3, 0.4) is 0 Å². The largest absolute Gasteiger partial charge is 0.469 e. The third-order valence-corrected chi connectivity index (χ3v) is 4.49. The molecule has 5 heteroatoms. The Hall–Kier alpha value is -2.43. The normalized spacial score (nSPS) is 20.5. The topological polar surface area (TPSA) is 69.7 Å². The summed E-state index contributed by atoms with van der Waals surface area (Å²) in [7, 11) is 1.37. The summed E-state index contributed by atoms with van der Waals surface area (Å²) in [6, 6.07) is 0. The fourth-order valence-corrected chi connectivity index (χ4v) is 3.00. The first-order chi connectivity index (χ1) is 13.4. The summed E-state index contributed by atoms with van der Waals surface area (Å²) in [5.74, 6) is -0.812. The molecule has 0 spiro atoms. The number of ether oxygens (including phenoxy) is 2. The Bertz CT molecular complexity index is 654. The number of methoxy groups -OCH3 is 1. The molecule has 0 amide bonds. The van der Waals surface area contributed by atoms with Gasteiger partial charge in [-0.2, -0.15) is 0 Å². The minimum atomic E-state index is -1.04. The number of rotatable bonds is 12. The van der Waals surface area contributed by atoms with Crippen LogP contribution in [0.15, 0.2) is 48.1 Å². The maximum absolute atomic E-state index is 12.3. The second-order valence-corrected chi connectivity index (χ2v) is 6.83. The summed E-state index contributed by atoms with van der Waals surface area (Å²) in [4.78, 5) is 35.1. The van der Waals surface area contributed by atoms with E-state index in [0.29, 0.717) is 31.3 Å². The molecule has 0 aromatic heterocycles. The molecule has 0 fully saturated rings. The Balaban J connectivity index is 2.79. The van der Waals surface area contributed by atoms with Gasteiger partial charge in [-0.3, -0.25) is 14.4 Å². The van der Waals surface area contributed by atoms with Crippen molar-refractivity contribution in [2.75, 3.05) is 7.11 Å². The van der Waals surface area contributed by atoms with Gasteiger partial charge >= 0.3 is 11.9 Å². The first kappa shape index (κ1) is 23.6. The van der Waals surface area contributed by atoms with Crippen LogP contribution in [0.1, 0.15) is 65.2 Å². The highest BCUT2D eigenvalue weighted by molar-refractivity contribution is 6.09. The molecule has 0 N–H and O–H groups in total. The summed E-state index contributed by atoms with van der Waals surface area (Å²) >= 11 is 0. The van der Waals surface area contributed by atoms with E-state index in [4.69, 9.17) is 4.74 Å². The molecule has 1 aliphatic rings. The van der Waals surface area contributed by atoms with Crippen LogP contribution in [0.25, 0.3) is 0 Å². The lowest BCUT2D eigenvalue weighted by Gasteiger charge is -2.27. The van der Waals surface area contributed by atoms with Crippen LogP contribution in [0.5, 0.6) is 0 Å². The van der Waals surface area contributed by atoms with Crippen LogP contribution in [-0.2, 0) is 23.9 Å². The van der Waals surface area contributed by atoms with Crippen molar-refractivity contribution >= 4 is 17.7 Å². The lowest BCUT2D eigenvalue weighted by atomic mass is 9.91. The van der Waals surface area contributed by atoms with Crippen molar-refractivity contribution < 1.29 is 23.9 Å². The number of ketones is 1. The van der Waals surface area contributed by atoms with Crippen molar-refractivity contribution in [3.05, 3.63) is 48.1 Å². The predicted octanol–water partition coefficient (Wildman–Crippen LogP) is 4.78. The van der Waals surface area contributed by atoms with Crippen LogP contribution in [0.2, 0.25) is 0 Å². The van der Waals surface area contributed by atoms with Gasteiger partial charge in [0, 0.05) is 25.3 Å². The molecular formula is C23H32O5.